The highest BCUT2D eigenvalue weighted by Crippen LogP contribution is 2.26. The van der Waals surface area contributed by atoms with Crippen molar-refractivity contribution in [1.82, 2.24) is 10.3 Å². The third-order valence-corrected chi connectivity index (χ3v) is 6.10. The van der Waals surface area contributed by atoms with Crippen LogP contribution in [0.25, 0.3) is 10.6 Å². The van der Waals surface area contributed by atoms with Crippen LogP contribution >= 0.6 is 22.7 Å². The van der Waals surface area contributed by atoms with Crippen molar-refractivity contribution in [2.24, 2.45) is 0 Å². The Morgan fingerprint density at radius 1 is 1.19 bits per heavy atom. The number of hydrogen-bond acceptors (Lipinski definition) is 5. The number of anilines is 1. The van der Waals surface area contributed by atoms with Crippen molar-refractivity contribution < 1.29 is 9.59 Å². The van der Waals surface area contributed by atoms with E-state index in [1.54, 1.807) is 22.7 Å². The molecule has 7 heteroatoms. The van der Waals surface area contributed by atoms with Crippen LogP contribution in [0.3, 0.4) is 0 Å². The van der Waals surface area contributed by atoms with Crippen LogP contribution in [0.1, 0.15) is 24.1 Å². The van der Waals surface area contributed by atoms with Crippen LogP contribution in [0, 0.1) is 0 Å². The summed E-state index contributed by atoms with van der Waals surface area (Å²) in [4.78, 5) is 30.3. The Hall–Kier alpha value is -2.51. The van der Waals surface area contributed by atoms with Gasteiger partial charge in [0.2, 0.25) is 11.8 Å². The molecule has 1 aliphatic heterocycles. The average molecular weight is 398 g/mol. The van der Waals surface area contributed by atoms with Crippen molar-refractivity contribution in [3.05, 3.63) is 57.7 Å². The van der Waals surface area contributed by atoms with Crippen molar-refractivity contribution in [3.63, 3.8) is 0 Å². The number of carbonyl (C=O) groups is 2. The first-order chi connectivity index (χ1) is 13.2. The first kappa shape index (κ1) is 17.9. The van der Waals surface area contributed by atoms with Crippen molar-refractivity contribution in [1.29, 1.82) is 0 Å². The second-order valence-corrected chi connectivity index (χ2v) is 8.06. The van der Waals surface area contributed by atoms with E-state index in [9.17, 15) is 9.59 Å². The quantitative estimate of drug-likeness (QED) is 0.687. The monoisotopic (exact) mass is 397 g/mol. The van der Waals surface area contributed by atoms with Gasteiger partial charge < -0.3 is 10.2 Å². The van der Waals surface area contributed by atoms with Gasteiger partial charge in [-0.3, -0.25) is 9.59 Å². The lowest BCUT2D eigenvalue weighted by molar-refractivity contribution is -0.120. The van der Waals surface area contributed by atoms with Crippen LogP contribution in [-0.2, 0) is 22.6 Å². The highest BCUT2D eigenvalue weighted by Gasteiger charge is 2.21. The first-order valence-electron chi connectivity index (χ1n) is 8.82. The van der Waals surface area contributed by atoms with Crippen LogP contribution in [-0.4, -0.2) is 23.3 Å². The van der Waals surface area contributed by atoms with Gasteiger partial charge >= 0.3 is 0 Å². The zero-order valence-electron chi connectivity index (χ0n) is 14.7. The molecule has 2 amide bonds. The summed E-state index contributed by atoms with van der Waals surface area (Å²) in [7, 11) is 0. The number of aromatic nitrogens is 1. The first-order valence-corrected chi connectivity index (χ1v) is 10.6. The van der Waals surface area contributed by atoms with Gasteiger partial charge in [0.1, 0.15) is 5.01 Å². The molecule has 3 heterocycles. The number of thiophene rings is 1. The molecular formula is C20H19N3O2S2. The second-order valence-electron chi connectivity index (χ2n) is 6.42. The van der Waals surface area contributed by atoms with Crippen molar-refractivity contribution in [3.8, 4) is 10.6 Å². The van der Waals surface area contributed by atoms with Crippen LogP contribution in [0.15, 0.2) is 46.5 Å². The third-order valence-electron chi connectivity index (χ3n) is 4.47. The molecule has 0 unspecified atom stereocenters. The lowest BCUT2D eigenvalue weighted by Gasteiger charge is -2.16. The number of thiazole rings is 1. The summed E-state index contributed by atoms with van der Waals surface area (Å²) in [6.07, 6.45) is 1.82. The lowest BCUT2D eigenvalue weighted by Crippen LogP contribution is -2.25. The largest absolute Gasteiger partial charge is 0.352 e. The predicted molar refractivity (Wildman–Crippen MR) is 109 cm³/mol. The van der Waals surface area contributed by atoms with Gasteiger partial charge in [0.15, 0.2) is 0 Å². The summed E-state index contributed by atoms with van der Waals surface area (Å²) >= 11 is 3.20. The molecule has 4 rings (SSSR count). The molecule has 138 valence electrons. The number of nitrogens with one attached hydrogen (secondary N) is 1. The smallest absolute Gasteiger partial charge is 0.227 e. The Kier molecular flexibility index (Phi) is 5.31. The van der Waals surface area contributed by atoms with Crippen LogP contribution < -0.4 is 10.2 Å². The molecular weight excluding hydrogens is 378 g/mol. The fraction of sp³-hybridized carbons (Fsp3) is 0.250. The summed E-state index contributed by atoms with van der Waals surface area (Å²) in [5.74, 6) is 0.136. The number of amides is 2. The Morgan fingerprint density at radius 3 is 2.74 bits per heavy atom. The molecule has 0 bridgehead atoms. The molecule has 0 saturated carbocycles. The molecule has 0 radical (unpaired) electrons. The Labute approximate surface area is 165 Å². The van der Waals surface area contributed by atoms with E-state index >= 15 is 0 Å². The van der Waals surface area contributed by atoms with Crippen molar-refractivity contribution in [2.45, 2.75) is 25.8 Å². The second kappa shape index (κ2) is 8.02. The SMILES string of the molecule is O=C(Cc1csc(-c2ccsc2)n1)NCc1ccc(N2CCCC2=O)cc1. The number of benzene rings is 1. The molecule has 1 saturated heterocycles. The van der Waals surface area contributed by atoms with Gasteiger partial charge in [-0.2, -0.15) is 11.3 Å². The number of carbonyl (C=O) groups excluding carboxylic acids is 2. The van der Waals surface area contributed by atoms with E-state index in [1.807, 2.05) is 46.0 Å². The van der Waals surface area contributed by atoms with Crippen molar-refractivity contribution in [2.75, 3.05) is 11.4 Å². The standard InChI is InChI=1S/C20H19N3O2S2/c24-18(10-16-13-27-20(22-16)15-7-9-26-12-15)21-11-14-3-5-17(6-4-14)23-8-1-2-19(23)25/h3-7,9,12-13H,1-2,8,10-11H2,(H,21,24). The van der Waals surface area contributed by atoms with Gasteiger partial charge in [0, 0.05) is 41.5 Å². The van der Waals surface area contributed by atoms with Gasteiger partial charge in [-0.05, 0) is 35.6 Å². The molecule has 5 nitrogen and oxygen atoms in total. The van der Waals surface area contributed by atoms with E-state index in [2.05, 4.69) is 15.7 Å². The highest BCUT2D eigenvalue weighted by molar-refractivity contribution is 7.14. The number of nitrogens with zero attached hydrogens (tertiary/aromatic N) is 2. The van der Waals surface area contributed by atoms with Gasteiger partial charge in [-0.15, -0.1) is 11.3 Å². The topological polar surface area (TPSA) is 62.3 Å². The minimum absolute atomic E-state index is 0.0454. The zero-order chi connectivity index (χ0) is 18.6. The molecule has 0 aliphatic carbocycles. The molecule has 27 heavy (non-hydrogen) atoms. The summed E-state index contributed by atoms with van der Waals surface area (Å²) in [6.45, 7) is 1.25. The molecule has 1 aliphatic rings. The molecule has 1 aromatic carbocycles. The van der Waals surface area contributed by atoms with E-state index in [1.165, 1.54) is 0 Å². The van der Waals surface area contributed by atoms with Gasteiger partial charge in [-0.25, -0.2) is 4.98 Å². The maximum absolute atomic E-state index is 12.2. The van der Waals surface area contributed by atoms with Gasteiger partial charge in [-0.1, -0.05) is 12.1 Å². The predicted octanol–water partition coefficient (Wildman–Crippen LogP) is 3.86. The van der Waals surface area contributed by atoms with E-state index in [0.29, 0.717) is 13.0 Å². The fourth-order valence-electron chi connectivity index (χ4n) is 3.05. The lowest BCUT2D eigenvalue weighted by atomic mass is 10.2. The normalized spacial score (nSPS) is 13.9. The van der Waals surface area contributed by atoms with Gasteiger partial charge in [0.25, 0.3) is 0 Å². The highest BCUT2D eigenvalue weighted by atomic mass is 32.1. The maximum Gasteiger partial charge on any atom is 0.227 e. The third kappa shape index (κ3) is 4.26. The fourth-order valence-corrected chi connectivity index (χ4v) is 4.58. The zero-order valence-corrected chi connectivity index (χ0v) is 16.3. The van der Waals surface area contributed by atoms with E-state index in [0.717, 1.165) is 40.5 Å². The van der Waals surface area contributed by atoms with Crippen LogP contribution in [0.2, 0.25) is 0 Å². The minimum Gasteiger partial charge on any atom is -0.352 e. The Bertz CT molecular complexity index is 933. The van der Waals surface area contributed by atoms with Crippen LogP contribution in [0.5, 0.6) is 0 Å². The van der Waals surface area contributed by atoms with Crippen molar-refractivity contribution >= 4 is 40.2 Å². The summed E-state index contributed by atoms with van der Waals surface area (Å²) < 4.78 is 0. The molecule has 0 atom stereocenters. The minimum atomic E-state index is -0.0454. The number of hydrogen-bond donors (Lipinski definition) is 1. The summed E-state index contributed by atoms with van der Waals surface area (Å²) in [6, 6.07) is 9.83. The Morgan fingerprint density at radius 2 is 2.04 bits per heavy atom. The molecule has 3 aromatic rings. The van der Waals surface area contributed by atoms with E-state index in [-0.39, 0.29) is 18.2 Å². The van der Waals surface area contributed by atoms with E-state index < -0.39 is 0 Å². The molecule has 1 fully saturated rings. The van der Waals surface area contributed by atoms with Crippen LogP contribution in [0.4, 0.5) is 5.69 Å². The molecule has 1 N–H and O–H groups in total. The average Bonchev–Trinajstić information content (AvgIpc) is 3.42. The summed E-state index contributed by atoms with van der Waals surface area (Å²) in [5, 5.41) is 9.90. The van der Waals surface area contributed by atoms with E-state index in [4.69, 9.17) is 0 Å². The summed E-state index contributed by atoms with van der Waals surface area (Å²) in [5.41, 5.74) is 3.84. The Balaban J connectivity index is 1.29. The maximum atomic E-state index is 12.2. The molecule has 0 spiro atoms. The van der Waals surface area contributed by atoms with Gasteiger partial charge in [0.05, 0.1) is 12.1 Å². The number of rotatable bonds is 6. The molecule has 2 aromatic heterocycles.